The quantitative estimate of drug-likeness (QED) is 0.0222. The van der Waals surface area contributed by atoms with Gasteiger partial charge in [-0.3, -0.25) is 37.3 Å². The molecule has 3 N–H and O–H groups in total. The molecule has 0 saturated heterocycles. The third kappa shape index (κ3) is 69.0. The van der Waals surface area contributed by atoms with Gasteiger partial charge < -0.3 is 33.8 Å². The molecule has 0 aromatic heterocycles. The van der Waals surface area contributed by atoms with Crippen LogP contribution in [0.5, 0.6) is 0 Å². The molecule has 0 bridgehead atoms. The maximum atomic E-state index is 13.1. The topological polar surface area (TPSA) is 237 Å². The minimum Gasteiger partial charge on any atom is -0.462 e. The van der Waals surface area contributed by atoms with Crippen LogP contribution in [0.4, 0.5) is 0 Å². The van der Waals surface area contributed by atoms with E-state index in [1.165, 1.54) is 180 Å². The first-order chi connectivity index (χ1) is 45.6. The molecule has 0 aromatic rings. The molecule has 17 nitrogen and oxygen atoms in total. The Kier molecular flexibility index (Phi) is 64.0. The zero-order chi connectivity index (χ0) is 70.3. The number of hydrogen-bond acceptors (Lipinski definition) is 15. The highest BCUT2D eigenvalue weighted by atomic mass is 31.2. The second kappa shape index (κ2) is 65.4. The van der Waals surface area contributed by atoms with Crippen LogP contribution in [0, 0.1) is 23.7 Å². The van der Waals surface area contributed by atoms with E-state index in [0.29, 0.717) is 31.6 Å². The Balaban J connectivity index is 5.19. The molecule has 0 heterocycles. The predicted octanol–water partition coefficient (Wildman–Crippen LogP) is 22.0. The van der Waals surface area contributed by atoms with E-state index >= 15 is 0 Å². The smallest absolute Gasteiger partial charge is 0.462 e. The summed E-state index contributed by atoms with van der Waals surface area (Å²) in [4.78, 5) is 72.8. The summed E-state index contributed by atoms with van der Waals surface area (Å²) < 4.78 is 68.5. The molecule has 0 saturated carbocycles. The predicted molar refractivity (Wildman–Crippen MR) is 386 cm³/mol. The molecule has 0 aliphatic rings. The molecular formula is C76H148O17P2. The fourth-order valence-corrected chi connectivity index (χ4v) is 13.1. The van der Waals surface area contributed by atoms with Crippen LogP contribution >= 0.6 is 15.6 Å². The fraction of sp³-hybridized carbons (Fsp3) is 0.947. The van der Waals surface area contributed by atoms with Crippen molar-refractivity contribution in [2.24, 2.45) is 23.7 Å². The SMILES string of the molecule is CCC(C)CCCCCCCCC(=O)OC[C@H](COP(=O)(O)OC[C@H](O)COP(=O)(O)OC[C@@H](COC(=O)CCCCCCCCCCCCCCCCCC(C)C)OC(=O)CCCCCCCCCC(C)C)OC(=O)CCCCCCCCCCCCCCCCC(C)C. The molecule has 3 unspecified atom stereocenters. The number of carbonyl (C=O) groups excluding carboxylic acids is 4. The molecule has 6 atom stereocenters. The molecular weight excluding hydrogens is 1250 g/mol. The van der Waals surface area contributed by atoms with Crippen molar-refractivity contribution < 1.29 is 80.2 Å². The van der Waals surface area contributed by atoms with Crippen LogP contribution in [-0.4, -0.2) is 96.7 Å². The van der Waals surface area contributed by atoms with Crippen LogP contribution in [0.1, 0.15) is 383 Å². The Labute approximate surface area is 581 Å². The minimum atomic E-state index is -4.96. The first-order valence-electron chi connectivity index (χ1n) is 39.2. The summed E-state index contributed by atoms with van der Waals surface area (Å²) >= 11 is 0. The van der Waals surface area contributed by atoms with Gasteiger partial charge in [-0.2, -0.15) is 0 Å². The number of carbonyl (C=O) groups is 4. The second-order valence-corrected chi connectivity index (χ2v) is 32.0. The number of aliphatic hydroxyl groups is 1. The second-order valence-electron chi connectivity index (χ2n) is 29.1. The van der Waals surface area contributed by atoms with E-state index in [0.717, 1.165) is 114 Å². The van der Waals surface area contributed by atoms with E-state index in [1.807, 2.05) is 0 Å². The van der Waals surface area contributed by atoms with Crippen molar-refractivity contribution in [2.75, 3.05) is 39.6 Å². The summed E-state index contributed by atoms with van der Waals surface area (Å²) in [5, 5.41) is 10.6. The van der Waals surface area contributed by atoms with Gasteiger partial charge in [-0.1, -0.05) is 331 Å². The van der Waals surface area contributed by atoms with Gasteiger partial charge in [0.15, 0.2) is 12.2 Å². The third-order valence-electron chi connectivity index (χ3n) is 17.9. The number of aliphatic hydroxyl groups excluding tert-OH is 1. The number of hydrogen-bond donors (Lipinski definition) is 3. The molecule has 0 amide bonds. The van der Waals surface area contributed by atoms with Gasteiger partial charge in [-0.15, -0.1) is 0 Å². The average molecular weight is 1400 g/mol. The molecule has 0 radical (unpaired) electrons. The monoisotopic (exact) mass is 1400 g/mol. The van der Waals surface area contributed by atoms with Gasteiger partial charge in [0.05, 0.1) is 26.4 Å². The van der Waals surface area contributed by atoms with Gasteiger partial charge in [0.25, 0.3) is 0 Å². The molecule has 0 fully saturated rings. The fourth-order valence-electron chi connectivity index (χ4n) is 11.5. The molecule has 95 heavy (non-hydrogen) atoms. The highest BCUT2D eigenvalue weighted by Gasteiger charge is 2.30. The van der Waals surface area contributed by atoms with Crippen LogP contribution < -0.4 is 0 Å². The highest BCUT2D eigenvalue weighted by molar-refractivity contribution is 7.47. The van der Waals surface area contributed by atoms with E-state index in [-0.39, 0.29) is 25.7 Å². The van der Waals surface area contributed by atoms with Gasteiger partial charge in [0.2, 0.25) is 0 Å². The van der Waals surface area contributed by atoms with E-state index in [4.69, 9.17) is 37.0 Å². The molecule has 0 aliphatic carbocycles. The van der Waals surface area contributed by atoms with Crippen LogP contribution in [0.3, 0.4) is 0 Å². The average Bonchev–Trinajstić information content (AvgIpc) is 2.15. The van der Waals surface area contributed by atoms with E-state index in [2.05, 4.69) is 55.4 Å². The number of unbranched alkanes of at least 4 members (excludes halogenated alkanes) is 38. The van der Waals surface area contributed by atoms with E-state index in [9.17, 15) is 43.2 Å². The van der Waals surface area contributed by atoms with Gasteiger partial charge in [-0.05, 0) is 49.4 Å². The lowest BCUT2D eigenvalue weighted by atomic mass is 10.00. The van der Waals surface area contributed by atoms with E-state index < -0.39 is 97.5 Å². The van der Waals surface area contributed by atoms with Crippen molar-refractivity contribution in [1.29, 1.82) is 0 Å². The van der Waals surface area contributed by atoms with Crippen molar-refractivity contribution in [3.05, 3.63) is 0 Å². The molecule has 0 spiro atoms. The minimum absolute atomic E-state index is 0.103. The Morgan fingerprint density at radius 3 is 0.747 bits per heavy atom. The Hall–Kier alpha value is -1.94. The number of esters is 4. The summed E-state index contributed by atoms with van der Waals surface area (Å²) in [5.74, 6) is 0.904. The Bertz CT molecular complexity index is 1870. The van der Waals surface area contributed by atoms with Crippen molar-refractivity contribution in [2.45, 2.75) is 401 Å². The van der Waals surface area contributed by atoms with Gasteiger partial charge in [-0.25, -0.2) is 9.13 Å². The lowest BCUT2D eigenvalue weighted by Gasteiger charge is -2.21. The zero-order valence-corrected chi connectivity index (χ0v) is 64.1. The van der Waals surface area contributed by atoms with Crippen LogP contribution in [0.25, 0.3) is 0 Å². The third-order valence-corrected chi connectivity index (χ3v) is 19.8. The highest BCUT2D eigenvalue weighted by Crippen LogP contribution is 2.45. The van der Waals surface area contributed by atoms with Crippen LogP contribution in [0.15, 0.2) is 0 Å². The van der Waals surface area contributed by atoms with Gasteiger partial charge in [0, 0.05) is 25.7 Å². The molecule has 19 heteroatoms. The first-order valence-corrected chi connectivity index (χ1v) is 42.2. The summed E-state index contributed by atoms with van der Waals surface area (Å²) in [5.41, 5.74) is 0. The largest absolute Gasteiger partial charge is 0.472 e. The van der Waals surface area contributed by atoms with Gasteiger partial charge in [0.1, 0.15) is 19.3 Å². The van der Waals surface area contributed by atoms with Crippen LogP contribution in [0.2, 0.25) is 0 Å². The standard InChI is InChI=1S/C76H148O17P2/c1-9-69(8)55-47-39-34-35-41-49-57-74(79)87-63-72(92-75(80)58-50-42-32-26-22-18-14-13-16-20-24-29-37-45-53-67(4)5)65-91-95(84,85)89-61-70(77)60-88-94(82,83)90-64-71(93-76(81)59-51-43-33-27-30-38-46-54-68(6)7)62-86-73(78)56-48-40-31-25-21-17-12-10-11-15-19-23-28-36-44-52-66(2)3/h66-72,77H,9-65H2,1-8H3,(H,82,83)(H,84,85)/t69?,70-,71-,72-/m1/s1. The lowest BCUT2D eigenvalue weighted by Crippen LogP contribution is -2.30. The molecule has 0 aromatic carbocycles. The zero-order valence-electron chi connectivity index (χ0n) is 62.3. The van der Waals surface area contributed by atoms with Crippen LogP contribution in [-0.2, 0) is 65.4 Å². The summed E-state index contributed by atoms with van der Waals surface area (Å²) in [7, 11) is -9.91. The summed E-state index contributed by atoms with van der Waals surface area (Å²) in [6, 6.07) is 0. The summed E-state index contributed by atoms with van der Waals surface area (Å²) in [6.07, 6.45) is 50.1. The maximum absolute atomic E-state index is 13.1. The number of phosphoric ester groups is 2. The van der Waals surface area contributed by atoms with E-state index in [1.54, 1.807) is 0 Å². The molecule has 564 valence electrons. The van der Waals surface area contributed by atoms with Crippen molar-refractivity contribution >= 4 is 39.5 Å². The lowest BCUT2D eigenvalue weighted by molar-refractivity contribution is -0.161. The summed E-state index contributed by atoms with van der Waals surface area (Å²) in [6.45, 7) is 14.1. The molecule has 0 rings (SSSR count). The normalized spacial score (nSPS) is 14.4. The number of phosphoric acid groups is 2. The Morgan fingerprint density at radius 1 is 0.295 bits per heavy atom. The maximum Gasteiger partial charge on any atom is 0.472 e. The van der Waals surface area contributed by atoms with Crippen molar-refractivity contribution in [3.63, 3.8) is 0 Å². The van der Waals surface area contributed by atoms with Crippen molar-refractivity contribution in [1.82, 2.24) is 0 Å². The molecule has 0 aliphatic heterocycles. The van der Waals surface area contributed by atoms with Gasteiger partial charge >= 0.3 is 39.5 Å². The Morgan fingerprint density at radius 2 is 0.505 bits per heavy atom. The number of ether oxygens (including phenoxy) is 4. The first kappa shape index (κ1) is 93.1. The van der Waals surface area contributed by atoms with Crippen molar-refractivity contribution in [3.8, 4) is 0 Å². The number of rotatable bonds is 73.